The SMILES string of the molecule is C#Cc1c(F)c(F)cc2nc(N)cc(C(C)C)c12.CC. The number of halogens is 2. The van der Waals surface area contributed by atoms with Crippen molar-refractivity contribution in [2.24, 2.45) is 0 Å². The number of terminal acetylenes is 1. The maximum atomic E-state index is 13.7. The molecule has 0 radical (unpaired) electrons. The number of aromatic nitrogens is 1. The number of nitrogens with zero attached hydrogens (tertiary/aromatic N) is 1. The van der Waals surface area contributed by atoms with Crippen LogP contribution in [-0.4, -0.2) is 4.98 Å². The third kappa shape index (κ3) is 2.72. The van der Waals surface area contributed by atoms with E-state index in [2.05, 4.69) is 10.9 Å². The van der Waals surface area contributed by atoms with Crippen LogP contribution < -0.4 is 5.73 Å². The first-order valence-electron chi connectivity index (χ1n) is 6.50. The van der Waals surface area contributed by atoms with Crippen LogP contribution in [0.25, 0.3) is 10.9 Å². The Hall–Kier alpha value is -2.15. The average molecular weight is 276 g/mol. The van der Waals surface area contributed by atoms with Gasteiger partial charge in [0, 0.05) is 11.5 Å². The molecule has 0 aliphatic carbocycles. The number of pyridine rings is 1. The number of nitrogen functional groups attached to an aromatic ring is 1. The number of rotatable bonds is 1. The lowest BCUT2D eigenvalue weighted by Gasteiger charge is -2.13. The lowest BCUT2D eigenvalue weighted by atomic mass is 9.95. The van der Waals surface area contributed by atoms with Crippen LogP contribution in [0.1, 0.15) is 44.7 Å². The highest BCUT2D eigenvalue weighted by atomic mass is 19.2. The van der Waals surface area contributed by atoms with E-state index in [0.717, 1.165) is 11.6 Å². The topological polar surface area (TPSA) is 38.9 Å². The van der Waals surface area contributed by atoms with Crippen LogP contribution in [0, 0.1) is 24.0 Å². The second-order valence-electron chi connectivity index (χ2n) is 4.38. The van der Waals surface area contributed by atoms with E-state index in [1.807, 2.05) is 27.7 Å². The van der Waals surface area contributed by atoms with Crippen molar-refractivity contribution in [2.45, 2.75) is 33.6 Å². The molecule has 0 aliphatic rings. The van der Waals surface area contributed by atoms with Gasteiger partial charge >= 0.3 is 0 Å². The van der Waals surface area contributed by atoms with Gasteiger partial charge in [0.15, 0.2) is 11.6 Å². The molecule has 2 nitrogen and oxygen atoms in total. The molecule has 0 unspecified atom stereocenters. The molecule has 4 heteroatoms. The standard InChI is InChI=1S/C14H12F2N2.C2H6/c1-4-8-13-9(7(2)3)5-12(17)18-11(13)6-10(15)14(8)16;1-2/h1,5-7H,2-3H3,(H2,17,18);1-2H3. The number of hydrogen-bond donors (Lipinski definition) is 1. The van der Waals surface area contributed by atoms with E-state index in [-0.39, 0.29) is 22.8 Å². The van der Waals surface area contributed by atoms with Gasteiger partial charge in [-0.3, -0.25) is 0 Å². The Labute approximate surface area is 118 Å². The minimum Gasteiger partial charge on any atom is -0.384 e. The van der Waals surface area contributed by atoms with Gasteiger partial charge in [-0.05, 0) is 17.5 Å². The molecular weight excluding hydrogens is 258 g/mol. The third-order valence-electron chi connectivity index (χ3n) is 2.81. The molecule has 0 amide bonds. The minimum atomic E-state index is -1.02. The van der Waals surface area contributed by atoms with Crippen molar-refractivity contribution in [2.75, 3.05) is 5.73 Å². The summed E-state index contributed by atoms with van der Waals surface area (Å²) in [5.41, 5.74) is 6.62. The molecule has 0 spiro atoms. The van der Waals surface area contributed by atoms with Crippen molar-refractivity contribution in [3.63, 3.8) is 0 Å². The van der Waals surface area contributed by atoms with Crippen molar-refractivity contribution < 1.29 is 8.78 Å². The molecule has 1 aromatic carbocycles. The fraction of sp³-hybridized carbons (Fsp3) is 0.312. The van der Waals surface area contributed by atoms with Gasteiger partial charge in [-0.25, -0.2) is 13.8 Å². The van der Waals surface area contributed by atoms with Crippen LogP contribution >= 0.6 is 0 Å². The molecule has 20 heavy (non-hydrogen) atoms. The van der Waals surface area contributed by atoms with Gasteiger partial charge in [0.05, 0.1) is 11.1 Å². The third-order valence-corrected chi connectivity index (χ3v) is 2.81. The van der Waals surface area contributed by atoms with E-state index in [1.165, 1.54) is 0 Å². The molecule has 2 aromatic rings. The van der Waals surface area contributed by atoms with Crippen molar-refractivity contribution >= 4 is 16.7 Å². The summed E-state index contributed by atoms with van der Waals surface area (Å²) in [4.78, 5) is 4.00. The maximum absolute atomic E-state index is 13.7. The molecule has 0 saturated heterocycles. The van der Waals surface area contributed by atoms with Gasteiger partial charge in [0.1, 0.15) is 5.82 Å². The number of benzene rings is 1. The number of fused-ring (bicyclic) bond motifs is 1. The fourth-order valence-electron chi connectivity index (χ4n) is 1.99. The smallest absolute Gasteiger partial charge is 0.175 e. The normalized spacial score (nSPS) is 10.1. The monoisotopic (exact) mass is 276 g/mol. The van der Waals surface area contributed by atoms with E-state index >= 15 is 0 Å². The van der Waals surface area contributed by atoms with Gasteiger partial charge in [-0.15, -0.1) is 6.42 Å². The highest BCUT2D eigenvalue weighted by Crippen LogP contribution is 2.31. The van der Waals surface area contributed by atoms with Crippen molar-refractivity contribution in [1.82, 2.24) is 4.98 Å². The van der Waals surface area contributed by atoms with Crippen LogP contribution in [0.4, 0.5) is 14.6 Å². The van der Waals surface area contributed by atoms with Crippen molar-refractivity contribution in [1.29, 1.82) is 0 Å². The van der Waals surface area contributed by atoms with Gasteiger partial charge in [0.25, 0.3) is 0 Å². The summed E-state index contributed by atoms with van der Waals surface area (Å²) in [5, 5.41) is 0.459. The molecular formula is C16H18F2N2. The maximum Gasteiger partial charge on any atom is 0.175 e. The molecule has 0 saturated carbocycles. The Balaban J connectivity index is 0.000000956. The van der Waals surface area contributed by atoms with Crippen LogP contribution in [0.15, 0.2) is 12.1 Å². The summed E-state index contributed by atoms with van der Waals surface area (Å²) in [6.07, 6.45) is 5.28. The Morgan fingerprint density at radius 1 is 1.25 bits per heavy atom. The summed E-state index contributed by atoms with van der Waals surface area (Å²) >= 11 is 0. The number of hydrogen-bond acceptors (Lipinski definition) is 2. The summed E-state index contributed by atoms with van der Waals surface area (Å²) in [6, 6.07) is 2.67. The Kier molecular flexibility index (Phi) is 5.04. The van der Waals surface area contributed by atoms with Crippen LogP contribution in [-0.2, 0) is 0 Å². The molecule has 0 atom stereocenters. The first-order chi connectivity index (χ1) is 9.45. The first kappa shape index (κ1) is 15.9. The van der Waals surface area contributed by atoms with Crippen molar-refractivity contribution in [3.8, 4) is 12.3 Å². The van der Waals surface area contributed by atoms with E-state index in [1.54, 1.807) is 6.07 Å². The summed E-state index contributed by atoms with van der Waals surface area (Å²) in [5.74, 6) is 0.514. The fourth-order valence-corrected chi connectivity index (χ4v) is 1.99. The molecule has 2 rings (SSSR count). The lowest BCUT2D eigenvalue weighted by Crippen LogP contribution is -2.02. The Bertz CT molecular complexity index is 670. The number of nitrogens with two attached hydrogens (primary N) is 1. The quantitative estimate of drug-likeness (QED) is 0.792. The Morgan fingerprint density at radius 3 is 2.35 bits per heavy atom. The average Bonchev–Trinajstić information content (AvgIpc) is 2.42. The molecule has 2 N–H and O–H groups in total. The van der Waals surface area contributed by atoms with Crippen LogP contribution in [0.2, 0.25) is 0 Å². The highest BCUT2D eigenvalue weighted by molar-refractivity contribution is 5.90. The second-order valence-corrected chi connectivity index (χ2v) is 4.38. The number of anilines is 1. The van der Waals surface area contributed by atoms with E-state index in [9.17, 15) is 8.78 Å². The highest BCUT2D eigenvalue weighted by Gasteiger charge is 2.17. The Morgan fingerprint density at radius 2 is 1.85 bits per heavy atom. The van der Waals surface area contributed by atoms with E-state index in [4.69, 9.17) is 12.2 Å². The molecule has 0 fully saturated rings. The zero-order valence-electron chi connectivity index (χ0n) is 12.1. The van der Waals surface area contributed by atoms with Gasteiger partial charge in [-0.2, -0.15) is 0 Å². The van der Waals surface area contributed by atoms with Crippen molar-refractivity contribution in [3.05, 3.63) is 34.9 Å². The summed E-state index contributed by atoms with van der Waals surface area (Å²) in [6.45, 7) is 7.85. The predicted octanol–water partition coefficient (Wildman–Crippen LogP) is 4.23. The van der Waals surface area contributed by atoms with Crippen LogP contribution in [0.5, 0.6) is 0 Å². The summed E-state index contributed by atoms with van der Waals surface area (Å²) < 4.78 is 27.1. The van der Waals surface area contributed by atoms with Gasteiger partial charge < -0.3 is 5.73 Å². The molecule has 0 bridgehead atoms. The molecule has 1 aromatic heterocycles. The first-order valence-corrected chi connectivity index (χ1v) is 6.50. The predicted molar refractivity (Wildman–Crippen MR) is 79.4 cm³/mol. The minimum absolute atomic E-state index is 0.0785. The van der Waals surface area contributed by atoms with E-state index in [0.29, 0.717) is 5.39 Å². The van der Waals surface area contributed by atoms with Crippen LogP contribution in [0.3, 0.4) is 0 Å². The van der Waals surface area contributed by atoms with Gasteiger partial charge in [-0.1, -0.05) is 33.6 Å². The largest absolute Gasteiger partial charge is 0.384 e. The van der Waals surface area contributed by atoms with E-state index < -0.39 is 11.6 Å². The molecule has 0 aliphatic heterocycles. The zero-order chi connectivity index (χ0) is 15.4. The van der Waals surface area contributed by atoms with Gasteiger partial charge in [0.2, 0.25) is 0 Å². The summed E-state index contributed by atoms with van der Waals surface area (Å²) in [7, 11) is 0. The lowest BCUT2D eigenvalue weighted by molar-refractivity contribution is 0.508. The zero-order valence-corrected chi connectivity index (χ0v) is 12.1. The molecule has 1 heterocycles. The second kappa shape index (κ2) is 6.33. The molecule has 106 valence electrons.